The standard InChI is InChI=1S/C18H23NO3/c1-13-9-10-16(14(2)20)12-15(13)8-6-7-11-19-17(21)22-18(3,4)5/h9-10,12H,7,11H2,1-5H3,(H,19,21). The quantitative estimate of drug-likeness (QED) is 0.528. The number of aryl methyl sites for hydroxylation is 1. The van der Waals surface area contributed by atoms with Crippen molar-refractivity contribution in [3.63, 3.8) is 0 Å². The molecule has 0 aliphatic carbocycles. The zero-order chi connectivity index (χ0) is 16.8. The van der Waals surface area contributed by atoms with E-state index >= 15 is 0 Å². The molecule has 4 nitrogen and oxygen atoms in total. The molecule has 0 fully saturated rings. The van der Waals surface area contributed by atoms with Gasteiger partial charge in [-0.25, -0.2) is 4.79 Å². The average molecular weight is 301 g/mol. The summed E-state index contributed by atoms with van der Waals surface area (Å²) in [5, 5.41) is 2.65. The van der Waals surface area contributed by atoms with Crippen molar-refractivity contribution in [3.8, 4) is 11.8 Å². The van der Waals surface area contributed by atoms with E-state index in [4.69, 9.17) is 4.74 Å². The van der Waals surface area contributed by atoms with Crippen LogP contribution in [0.3, 0.4) is 0 Å². The molecule has 1 aromatic carbocycles. The average Bonchev–Trinajstić information content (AvgIpc) is 2.37. The molecule has 0 saturated carbocycles. The Balaban J connectivity index is 2.53. The molecule has 0 saturated heterocycles. The molecule has 1 rings (SSSR count). The minimum absolute atomic E-state index is 0.0228. The first-order valence-electron chi connectivity index (χ1n) is 7.26. The van der Waals surface area contributed by atoms with Gasteiger partial charge in [0.05, 0.1) is 0 Å². The molecule has 0 atom stereocenters. The number of amides is 1. The number of hydrogen-bond acceptors (Lipinski definition) is 3. The Morgan fingerprint density at radius 2 is 1.95 bits per heavy atom. The third-order valence-electron chi connectivity index (χ3n) is 2.79. The molecule has 0 heterocycles. The van der Waals surface area contributed by atoms with E-state index in [1.165, 1.54) is 6.92 Å². The third kappa shape index (κ3) is 6.45. The summed E-state index contributed by atoms with van der Waals surface area (Å²) in [6, 6.07) is 5.48. The fourth-order valence-electron chi connectivity index (χ4n) is 1.67. The number of nitrogens with one attached hydrogen (secondary N) is 1. The van der Waals surface area contributed by atoms with Crippen LogP contribution in [0.1, 0.15) is 55.6 Å². The van der Waals surface area contributed by atoms with E-state index in [-0.39, 0.29) is 5.78 Å². The minimum atomic E-state index is -0.500. The van der Waals surface area contributed by atoms with Crippen molar-refractivity contribution in [2.75, 3.05) is 6.54 Å². The van der Waals surface area contributed by atoms with Crippen LogP contribution in [-0.2, 0) is 4.74 Å². The highest BCUT2D eigenvalue weighted by Gasteiger charge is 2.15. The zero-order valence-electron chi connectivity index (χ0n) is 13.9. The van der Waals surface area contributed by atoms with E-state index in [2.05, 4.69) is 17.2 Å². The SMILES string of the molecule is CC(=O)c1ccc(C)c(C#CCCNC(=O)OC(C)(C)C)c1. The lowest BCUT2D eigenvalue weighted by atomic mass is 10.0. The Labute approximate surface area is 132 Å². The van der Waals surface area contributed by atoms with E-state index in [0.717, 1.165) is 11.1 Å². The molecule has 0 unspecified atom stereocenters. The van der Waals surface area contributed by atoms with Gasteiger partial charge in [0.25, 0.3) is 0 Å². The van der Waals surface area contributed by atoms with Crippen molar-refractivity contribution >= 4 is 11.9 Å². The van der Waals surface area contributed by atoms with Crippen LogP contribution in [-0.4, -0.2) is 24.0 Å². The van der Waals surface area contributed by atoms with Crippen molar-refractivity contribution in [3.05, 3.63) is 34.9 Å². The molecule has 1 N–H and O–H groups in total. The Bertz CT molecular complexity index is 615. The zero-order valence-corrected chi connectivity index (χ0v) is 13.9. The van der Waals surface area contributed by atoms with Crippen LogP contribution in [0.2, 0.25) is 0 Å². The number of ketones is 1. The van der Waals surface area contributed by atoms with Crippen LogP contribution in [0, 0.1) is 18.8 Å². The highest BCUT2D eigenvalue weighted by Crippen LogP contribution is 2.10. The van der Waals surface area contributed by atoms with Gasteiger partial charge in [-0.3, -0.25) is 4.79 Å². The molecule has 0 spiro atoms. The van der Waals surface area contributed by atoms with Crippen LogP contribution < -0.4 is 5.32 Å². The predicted molar refractivity (Wildman–Crippen MR) is 86.9 cm³/mol. The second-order valence-corrected chi connectivity index (χ2v) is 6.07. The highest BCUT2D eigenvalue weighted by atomic mass is 16.6. The fourth-order valence-corrected chi connectivity index (χ4v) is 1.67. The highest BCUT2D eigenvalue weighted by molar-refractivity contribution is 5.94. The first-order chi connectivity index (χ1) is 10.2. The maximum absolute atomic E-state index is 11.4. The third-order valence-corrected chi connectivity index (χ3v) is 2.79. The fraction of sp³-hybridized carbons (Fsp3) is 0.444. The number of rotatable bonds is 3. The summed E-state index contributed by atoms with van der Waals surface area (Å²) in [7, 11) is 0. The Hall–Kier alpha value is -2.28. The molecule has 1 aromatic rings. The maximum Gasteiger partial charge on any atom is 0.407 e. The lowest BCUT2D eigenvalue weighted by Gasteiger charge is -2.19. The maximum atomic E-state index is 11.4. The van der Waals surface area contributed by atoms with Gasteiger partial charge in [0.15, 0.2) is 5.78 Å². The first-order valence-corrected chi connectivity index (χ1v) is 7.26. The first kappa shape index (κ1) is 17.8. The van der Waals surface area contributed by atoms with Gasteiger partial charge >= 0.3 is 6.09 Å². The van der Waals surface area contributed by atoms with Crippen molar-refractivity contribution in [2.24, 2.45) is 0 Å². The molecule has 4 heteroatoms. The van der Waals surface area contributed by atoms with Crippen LogP contribution >= 0.6 is 0 Å². The molecule has 0 aromatic heterocycles. The molecular formula is C18H23NO3. The molecule has 0 bridgehead atoms. The van der Waals surface area contributed by atoms with Crippen LogP contribution in [0.25, 0.3) is 0 Å². The summed E-state index contributed by atoms with van der Waals surface area (Å²) in [5.74, 6) is 6.05. The summed E-state index contributed by atoms with van der Waals surface area (Å²) >= 11 is 0. The van der Waals surface area contributed by atoms with Gasteiger partial charge in [-0.05, 0) is 46.2 Å². The molecule has 0 aliphatic rings. The number of carbonyl (C=O) groups excluding carboxylic acids is 2. The minimum Gasteiger partial charge on any atom is -0.444 e. The lowest BCUT2D eigenvalue weighted by molar-refractivity contribution is 0.0529. The Morgan fingerprint density at radius 3 is 2.55 bits per heavy atom. The largest absolute Gasteiger partial charge is 0.444 e. The summed E-state index contributed by atoms with van der Waals surface area (Å²) in [6.45, 7) is 9.36. The number of ether oxygens (including phenoxy) is 1. The number of Topliss-reactive ketones (excluding diaryl/α,β-unsaturated/α-hetero) is 1. The van der Waals surface area contributed by atoms with Gasteiger partial charge in [0.1, 0.15) is 5.60 Å². The second kappa shape index (κ2) is 7.65. The summed E-state index contributed by atoms with van der Waals surface area (Å²) in [6.07, 6.45) is 0.0762. The van der Waals surface area contributed by atoms with Crippen molar-refractivity contribution in [1.29, 1.82) is 0 Å². The number of alkyl carbamates (subject to hydrolysis) is 1. The van der Waals surface area contributed by atoms with Gasteiger partial charge < -0.3 is 10.1 Å². The van der Waals surface area contributed by atoms with E-state index in [1.807, 2.05) is 33.8 Å². The molecular weight excluding hydrogens is 278 g/mol. The van der Waals surface area contributed by atoms with Gasteiger partial charge in [0, 0.05) is 24.1 Å². The van der Waals surface area contributed by atoms with E-state index in [1.54, 1.807) is 12.1 Å². The van der Waals surface area contributed by atoms with Gasteiger partial charge in [0.2, 0.25) is 0 Å². The predicted octanol–water partition coefficient (Wildman–Crippen LogP) is 3.46. The molecule has 0 radical (unpaired) electrons. The van der Waals surface area contributed by atoms with Crippen molar-refractivity contribution in [1.82, 2.24) is 5.32 Å². The van der Waals surface area contributed by atoms with Crippen molar-refractivity contribution < 1.29 is 14.3 Å². The van der Waals surface area contributed by atoms with Crippen molar-refractivity contribution in [2.45, 2.75) is 46.6 Å². The normalized spacial score (nSPS) is 10.4. The molecule has 118 valence electrons. The smallest absolute Gasteiger partial charge is 0.407 e. The van der Waals surface area contributed by atoms with Gasteiger partial charge in [-0.1, -0.05) is 24.0 Å². The van der Waals surface area contributed by atoms with E-state index in [9.17, 15) is 9.59 Å². The summed E-state index contributed by atoms with van der Waals surface area (Å²) in [4.78, 5) is 22.8. The Kier molecular flexibility index (Phi) is 6.18. The molecule has 0 aliphatic heterocycles. The topological polar surface area (TPSA) is 55.4 Å². The summed E-state index contributed by atoms with van der Waals surface area (Å²) < 4.78 is 5.13. The van der Waals surface area contributed by atoms with Crippen LogP contribution in [0.5, 0.6) is 0 Å². The number of carbonyl (C=O) groups is 2. The monoisotopic (exact) mass is 301 g/mol. The number of hydrogen-bond donors (Lipinski definition) is 1. The van der Waals surface area contributed by atoms with Gasteiger partial charge in [-0.15, -0.1) is 0 Å². The second-order valence-electron chi connectivity index (χ2n) is 6.07. The van der Waals surface area contributed by atoms with E-state index in [0.29, 0.717) is 18.5 Å². The number of benzene rings is 1. The van der Waals surface area contributed by atoms with Gasteiger partial charge in [-0.2, -0.15) is 0 Å². The molecule has 1 amide bonds. The Morgan fingerprint density at radius 1 is 1.27 bits per heavy atom. The molecule has 22 heavy (non-hydrogen) atoms. The van der Waals surface area contributed by atoms with E-state index < -0.39 is 11.7 Å². The van der Waals surface area contributed by atoms with Crippen LogP contribution in [0.15, 0.2) is 18.2 Å². The summed E-state index contributed by atoms with van der Waals surface area (Å²) in [5.41, 5.74) is 2.02. The van der Waals surface area contributed by atoms with Crippen LogP contribution in [0.4, 0.5) is 4.79 Å². The lowest BCUT2D eigenvalue weighted by Crippen LogP contribution is -2.32.